The molecule has 2 rings (SSSR count). The SMILES string of the molecule is O=C(O)c1ccc(Br)c(Oc2ncccc2F)c1. The summed E-state index contributed by atoms with van der Waals surface area (Å²) in [6.45, 7) is 0. The zero-order chi connectivity index (χ0) is 13.1. The quantitative estimate of drug-likeness (QED) is 0.943. The van der Waals surface area contributed by atoms with Gasteiger partial charge in [0.25, 0.3) is 5.88 Å². The molecule has 0 saturated carbocycles. The number of hydrogen-bond acceptors (Lipinski definition) is 3. The lowest BCUT2D eigenvalue weighted by atomic mass is 10.2. The van der Waals surface area contributed by atoms with E-state index in [0.29, 0.717) is 4.47 Å². The third-order valence-corrected chi connectivity index (χ3v) is 2.76. The fourth-order valence-electron chi connectivity index (χ4n) is 1.27. The van der Waals surface area contributed by atoms with Crippen molar-refractivity contribution in [1.29, 1.82) is 0 Å². The average molecular weight is 312 g/mol. The van der Waals surface area contributed by atoms with Crippen LogP contribution in [0.25, 0.3) is 0 Å². The molecular formula is C12H7BrFNO3. The van der Waals surface area contributed by atoms with Crippen LogP contribution in [-0.2, 0) is 0 Å². The third kappa shape index (κ3) is 2.65. The number of carbonyl (C=O) groups is 1. The van der Waals surface area contributed by atoms with E-state index in [1.807, 2.05) is 0 Å². The van der Waals surface area contributed by atoms with E-state index >= 15 is 0 Å². The smallest absolute Gasteiger partial charge is 0.335 e. The molecule has 0 atom stereocenters. The average Bonchev–Trinajstić information content (AvgIpc) is 2.34. The normalized spacial score (nSPS) is 10.1. The number of ether oxygens (including phenoxy) is 1. The van der Waals surface area contributed by atoms with Crippen LogP contribution in [0.1, 0.15) is 10.4 Å². The summed E-state index contributed by atoms with van der Waals surface area (Å²) in [5, 5.41) is 8.86. The van der Waals surface area contributed by atoms with Gasteiger partial charge in [-0.2, -0.15) is 0 Å². The van der Waals surface area contributed by atoms with Gasteiger partial charge in [-0.05, 0) is 46.3 Å². The Kier molecular flexibility index (Phi) is 3.57. The van der Waals surface area contributed by atoms with Crippen LogP contribution >= 0.6 is 15.9 Å². The van der Waals surface area contributed by atoms with E-state index < -0.39 is 11.8 Å². The predicted molar refractivity (Wildman–Crippen MR) is 65.4 cm³/mol. The van der Waals surface area contributed by atoms with E-state index in [4.69, 9.17) is 9.84 Å². The number of rotatable bonds is 3. The van der Waals surface area contributed by atoms with Crippen LogP contribution in [-0.4, -0.2) is 16.1 Å². The molecule has 92 valence electrons. The van der Waals surface area contributed by atoms with Gasteiger partial charge in [0.1, 0.15) is 5.75 Å². The Morgan fingerprint density at radius 1 is 1.39 bits per heavy atom. The van der Waals surface area contributed by atoms with Gasteiger partial charge < -0.3 is 9.84 Å². The van der Waals surface area contributed by atoms with Crippen molar-refractivity contribution in [1.82, 2.24) is 4.98 Å². The third-order valence-electron chi connectivity index (χ3n) is 2.11. The molecule has 0 spiro atoms. The van der Waals surface area contributed by atoms with Crippen molar-refractivity contribution in [3.8, 4) is 11.6 Å². The van der Waals surface area contributed by atoms with Gasteiger partial charge in [0, 0.05) is 6.20 Å². The van der Waals surface area contributed by atoms with Crippen LogP contribution < -0.4 is 4.74 Å². The highest BCUT2D eigenvalue weighted by Crippen LogP contribution is 2.30. The second-order valence-corrected chi connectivity index (χ2v) is 4.20. The van der Waals surface area contributed by atoms with Crippen molar-refractivity contribution in [3.63, 3.8) is 0 Å². The maximum atomic E-state index is 13.3. The molecule has 18 heavy (non-hydrogen) atoms. The maximum Gasteiger partial charge on any atom is 0.335 e. The standard InChI is InChI=1S/C12H7BrFNO3/c13-8-4-3-7(12(16)17)6-10(8)18-11-9(14)2-1-5-15-11/h1-6H,(H,16,17). The molecule has 0 bridgehead atoms. The topological polar surface area (TPSA) is 59.4 Å². The maximum absolute atomic E-state index is 13.3. The molecule has 6 heteroatoms. The molecule has 0 fully saturated rings. The van der Waals surface area contributed by atoms with Crippen LogP contribution in [0.3, 0.4) is 0 Å². The first kappa shape index (κ1) is 12.5. The molecule has 4 nitrogen and oxygen atoms in total. The van der Waals surface area contributed by atoms with Gasteiger partial charge in [0.2, 0.25) is 0 Å². The minimum absolute atomic E-state index is 0.0459. The lowest BCUT2D eigenvalue weighted by molar-refractivity contribution is 0.0696. The van der Waals surface area contributed by atoms with Gasteiger partial charge in [0.05, 0.1) is 10.0 Å². The molecule has 0 aliphatic carbocycles. The highest BCUT2D eigenvalue weighted by atomic mass is 79.9. The first-order chi connectivity index (χ1) is 8.58. The molecule has 0 amide bonds. The number of pyridine rings is 1. The molecule has 0 saturated heterocycles. The molecular weight excluding hydrogens is 305 g/mol. The van der Waals surface area contributed by atoms with E-state index in [1.165, 1.54) is 36.5 Å². The van der Waals surface area contributed by atoms with E-state index in [-0.39, 0.29) is 17.2 Å². The molecule has 2 aromatic rings. The number of nitrogens with zero attached hydrogens (tertiary/aromatic N) is 1. The van der Waals surface area contributed by atoms with Crippen LogP contribution in [0.2, 0.25) is 0 Å². The summed E-state index contributed by atoms with van der Waals surface area (Å²) in [6, 6.07) is 6.86. The van der Waals surface area contributed by atoms with E-state index in [9.17, 15) is 9.18 Å². The Labute approximate surface area is 110 Å². The van der Waals surface area contributed by atoms with Gasteiger partial charge in [-0.15, -0.1) is 0 Å². The van der Waals surface area contributed by atoms with Gasteiger partial charge in [-0.1, -0.05) is 0 Å². The summed E-state index contributed by atoms with van der Waals surface area (Å²) in [4.78, 5) is 14.5. The number of halogens is 2. The lowest BCUT2D eigenvalue weighted by Crippen LogP contribution is -1.98. The van der Waals surface area contributed by atoms with Crippen LogP contribution in [0.15, 0.2) is 41.0 Å². The fourth-order valence-corrected chi connectivity index (χ4v) is 1.59. The number of aromatic carboxylic acids is 1. The highest BCUT2D eigenvalue weighted by molar-refractivity contribution is 9.10. The second-order valence-electron chi connectivity index (χ2n) is 3.34. The first-order valence-electron chi connectivity index (χ1n) is 4.89. The Morgan fingerprint density at radius 2 is 2.17 bits per heavy atom. The van der Waals surface area contributed by atoms with Crippen molar-refractivity contribution in [3.05, 3.63) is 52.4 Å². The van der Waals surface area contributed by atoms with Gasteiger partial charge in [-0.25, -0.2) is 14.2 Å². The van der Waals surface area contributed by atoms with E-state index in [2.05, 4.69) is 20.9 Å². The number of benzene rings is 1. The Balaban J connectivity index is 2.37. The molecule has 0 unspecified atom stereocenters. The van der Waals surface area contributed by atoms with E-state index in [0.717, 1.165) is 0 Å². The minimum atomic E-state index is -1.09. The zero-order valence-corrected chi connectivity index (χ0v) is 10.5. The molecule has 1 aromatic heterocycles. The summed E-state index contributed by atoms with van der Waals surface area (Å²) in [5.74, 6) is -1.73. The summed E-state index contributed by atoms with van der Waals surface area (Å²) in [5.41, 5.74) is 0.0459. The van der Waals surface area contributed by atoms with Crippen molar-refractivity contribution >= 4 is 21.9 Å². The summed E-state index contributed by atoms with van der Waals surface area (Å²) in [6.07, 6.45) is 1.38. The monoisotopic (exact) mass is 311 g/mol. The number of aromatic nitrogens is 1. The first-order valence-corrected chi connectivity index (χ1v) is 5.68. The Hall–Kier alpha value is -1.95. The van der Waals surface area contributed by atoms with Crippen LogP contribution in [0.4, 0.5) is 4.39 Å². The van der Waals surface area contributed by atoms with Gasteiger partial charge in [-0.3, -0.25) is 0 Å². The van der Waals surface area contributed by atoms with E-state index in [1.54, 1.807) is 0 Å². The van der Waals surface area contributed by atoms with Crippen molar-refractivity contribution in [2.24, 2.45) is 0 Å². The number of carboxylic acids is 1. The Bertz CT molecular complexity index is 604. The predicted octanol–water partition coefficient (Wildman–Crippen LogP) is 3.47. The van der Waals surface area contributed by atoms with Crippen molar-refractivity contribution in [2.75, 3.05) is 0 Å². The summed E-state index contributed by atoms with van der Waals surface area (Å²) < 4.78 is 19.1. The second kappa shape index (κ2) is 5.14. The minimum Gasteiger partial charge on any atom is -0.478 e. The van der Waals surface area contributed by atoms with Crippen LogP contribution in [0.5, 0.6) is 11.6 Å². The largest absolute Gasteiger partial charge is 0.478 e. The molecule has 1 heterocycles. The summed E-state index contributed by atoms with van der Waals surface area (Å²) in [7, 11) is 0. The zero-order valence-electron chi connectivity index (χ0n) is 8.93. The van der Waals surface area contributed by atoms with Gasteiger partial charge >= 0.3 is 5.97 Å². The number of hydrogen-bond donors (Lipinski definition) is 1. The summed E-state index contributed by atoms with van der Waals surface area (Å²) >= 11 is 3.19. The Morgan fingerprint density at radius 3 is 2.83 bits per heavy atom. The molecule has 1 N–H and O–H groups in total. The highest BCUT2D eigenvalue weighted by Gasteiger charge is 2.11. The molecule has 0 aliphatic rings. The van der Waals surface area contributed by atoms with Gasteiger partial charge in [0.15, 0.2) is 5.82 Å². The van der Waals surface area contributed by atoms with Crippen LogP contribution in [0, 0.1) is 5.82 Å². The molecule has 0 aliphatic heterocycles. The van der Waals surface area contributed by atoms with Crippen molar-refractivity contribution in [2.45, 2.75) is 0 Å². The fraction of sp³-hybridized carbons (Fsp3) is 0. The number of carboxylic acid groups (broad SMARTS) is 1. The molecule has 1 aromatic carbocycles. The lowest BCUT2D eigenvalue weighted by Gasteiger charge is -2.08. The van der Waals surface area contributed by atoms with Crippen molar-refractivity contribution < 1.29 is 19.0 Å². The molecule has 0 radical (unpaired) electrons.